The molecule has 0 aliphatic rings. The fourth-order valence-corrected chi connectivity index (χ4v) is 2.52. The van der Waals surface area contributed by atoms with E-state index in [1.165, 1.54) is 11.3 Å². The Balaban J connectivity index is 2.79. The zero-order valence-corrected chi connectivity index (χ0v) is 9.43. The lowest BCUT2D eigenvalue weighted by atomic mass is 10.1. The minimum atomic E-state index is -0.135. The smallest absolute Gasteiger partial charge is 0.0992 e. The maximum absolute atomic E-state index is 5.92. The molecule has 1 aromatic rings. The molecule has 0 aliphatic heterocycles. The van der Waals surface area contributed by atoms with Gasteiger partial charge in [0.2, 0.25) is 0 Å². The lowest BCUT2D eigenvalue weighted by Gasteiger charge is -2.05. The fraction of sp³-hybridized carbons (Fsp3) is 0.333. The quantitative estimate of drug-likeness (QED) is 0.779. The van der Waals surface area contributed by atoms with Crippen molar-refractivity contribution in [1.29, 1.82) is 0 Å². The summed E-state index contributed by atoms with van der Waals surface area (Å²) in [5.74, 6) is 5.70. The Labute approximate surface area is 91.8 Å². The molecule has 0 bridgehead atoms. The zero-order chi connectivity index (χ0) is 9.84. The van der Waals surface area contributed by atoms with Crippen molar-refractivity contribution in [1.82, 2.24) is 0 Å². The van der Waals surface area contributed by atoms with Gasteiger partial charge in [-0.3, -0.25) is 0 Å². The second kappa shape index (κ2) is 4.88. The van der Waals surface area contributed by atoms with Crippen molar-refractivity contribution in [2.24, 2.45) is 5.73 Å². The van der Waals surface area contributed by atoms with Gasteiger partial charge in [-0.25, -0.2) is 0 Å². The summed E-state index contributed by atoms with van der Waals surface area (Å²) in [5, 5.41) is 0. The summed E-state index contributed by atoms with van der Waals surface area (Å²) in [6.45, 7) is 1.79. The molecule has 1 nitrogen and oxygen atoms in total. The molecule has 0 radical (unpaired) electrons. The van der Waals surface area contributed by atoms with E-state index in [4.69, 9.17) is 28.9 Å². The number of rotatable bonds is 2. The Morgan fingerprint density at radius 2 is 2.31 bits per heavy atom. The van der Waals surface area contributed by atoms with Crippen LogP contribution < -0.4 is 5.73 Å². The molecular formula is C9H9Cl2NS. The van der Waals surface area contributed by atoms with E-state index in [2.05, 4.69) is 11.8 Å². The van der Waals surface area contributed by atoms with Crippen LogP contribution in [0.5, 0.6) is 0 Å². The minimum absolute atomic E-state index is 0.135. The van der Waals surface area contributed by atoms with Crippen LogP contribution in [0.3, 0.4) is 0 Å². The normalized spacial score (nSPS) is 12.0. The van der Waals surface area contributed by atoms with Crippen molar-refractivity contribution >= 4 is 34.5 Å². The van der Waals surface area contributed by atoms with E-state index in [0.29, 0.717) is 15.1 Å². The van der Waals surface area contributed by atoms with Gasteiger partial charge in [0.25, 0.3) is 0 Å². The first-order valence-corrected chi connectivity index (χ1v) is 5.32. The van der Waals surface area contributed by atoms with Gasteiger partial charge in [-0.1, -0.05) is 23.2 Å². The fourth-order valence-electron chi connectivity index (χ4n) is 0.928. The first-order valence-electron chi connectivity index (χ1n) is 3.75. The van der Waals surface area contributed by atoms with Crippen LogP contribution in [0.15, 0.2) is 6.07 Å². The van der Waals surface area contributed by atoms with Crippen LogP contribution in [0.25, 0.3) is 0 Å². The predicted molar refractivity (Wildman–Crippen MR) is 59.3 cm³/mol. The lowest BCUT2D eigenvalue weighted by molar-refractivity contribution is 0.758. The van der Waals surface area contributed by atoms with Crippen molar-refractivity contribution in [2.45, 2.75) is 19.4 Å². The topological polar surface area (TPSA) is 26.0 Å². The van der Waals surface area contributed by atoms with Gasteiger partial charge in [0.05, 0.1) is 8.67 Å². The average Bonchev–Trinajstić information content (AvgIpc) is 2.41. The summed E-state index contributed by atoms with van der Waals surface area (Å²) in [4.78, 5) is 0. The Morgan fingerprint density at radius 3 is 2.77 bits per heavy atom. The third-order valence-corrected chi connectivity index (χ3v) is 3.10. The van der Waals surface area contributed by atoms with Crippen molar-refractivity contribution in [3.8, 4) is 11.8 Å². The van der Waals surface area contributed by atoms with E-state index >= 15 is 0 Å². The SMILES string of the molecule is CC#CCC(N)c1cc(Cl)sc1Cl. The second-order valence-electron chi connectivity index (χ2n) is 2.52. The van der Waals surface area contributed by atoms with E-state index in [-0.39, 0.29) is 6.04 Å². The van der Waals surface area contributed by atoms with Crippen LogP contribution in [-0.2, 0) is 0 Å². The molecule has 0 spiro atoms. The molecule has 1 atom stereocenters. The first-order chi connectivity index (χ1) is 6.15. The molecule has 0 aliphatic carbocycles. The van der Waals surface area contributed by atoms with Gasteiger partial charge < -0.3 is 5.73 Å². The summed E-state index contributed by atoms with van der Waals surface area (Å²) in [5.41, 5.74) is 6.74. The van der Waals surface area contributed by atoms with Gasteiger partial charge in [-0.05, 0) is 13.0 Å². The number of nitrogens with two attached hydrogens (primary N) is 1. The molecule has 0 aromatic carbocycles. The Morgan fingerprint density at radius 1 is 1.62 bits per heavy atom. The van der Waals surface area contributed by atoms with Gasteiger partial charge in [0, 0.05) is 18.0 Å². The summed E-state index contributed by atoms with van der Waals surface area (Å²) >= 11 is 13.0. The summed E-state index contributed by atoms with van der Waals surface area (Å²) in [6, 6.07) is 1.67. The van der Waals surface area contributed by atoms with Crippen LogP contribution in [0, 0.1) is 11.8 Å². The van der Waals surface area contributed by atoms with E-state index in [0.717, 1.165) is 5.56 Å². The second-order valence-corrected chi connectivity index (χ2v) is 4.80. The standard InChI is InChI=1S/C9H9Cl2NS/c1-2-3-4-7(12)6-5-8(10)13-9(6)11/h5,7H,4,12H2,1H3. The Kier molecular flexibility index (Phi) is 4.08. The van der Waals surface area contributed by atoms with Gasteiger partial charge >= 0.3 is 0 Å². The number of halogens is 2. The van der Waals surface area contributed by atoms with Crippen molar-refractivity contribution < 1.29 is 0 Å². The molecular weight excluding hydrogens is 225 g/mol. The minimum Gasteiger partial charge on any atom is -0.323 e. The van der Waals surface area contributed by atoms with Crippen LogP contribution in [0.1, 0.15) is 24.9 Å². The van der Waals surface area contributed by atoms with E-state index in [1.54, 1.807) is 13.0 Å². The maximum Gasteiger partial charge on any atom is 0.0992 e. The largest absolute Gasteiger partial charge is 0.323 e. The molecule has 70 valence electrons. The van der Waals surface area contributed by atoms with E-state index in [1.807, 2.05) is 0 Å². The highest BCUT2D eigenvalue weighted by Gasteiger charge is 2.12. The summed E-state index contributed by atoms with van der Waals surface area (Å²) < 4.78 is 1.33. The van der Waals surface area contributed by atoms with Gasteiger partial charge in [0.1, 0.15) is 0 Å². The molecule has 0 amide bonds. The van der Waals surface area contributed by atoms with Crippen molar-refractivity contribution in [3.63, 3.8) is 0 Å². The van der Waals surface area contributed by atoms with Crippen LogP contribution in [0.2, 0.25) is 8.67 Å². The van der Waals surface area contributed by atoms with Gasteiger partial charge in [-0.2, -0.15) is 0 Å². The lowest BCUT2D eigenvalue weighted by Crippen LogP contribution is -2.08. The molecule has 1 aromatic heterocycles. The molecule has 0 saturated carbocycles. The van der Waals surface area contributed by atoms with Gasteiger partial charge in [-0.15, -0.1) is 23.2 Å². The summed E-state index contributed by atoms with van der Waals surface area (Å²) in [7, 11) is 0. The molecule has 1 heterocycles. The third-order valence-electron chi connectivity index (χ3n) is 1.58. The van der Waals surface area contributed by atoms with Crippen LogP contribution >= 0.6 is 34.5 Å². The first kappa shape index (κ1) is 10.9. The molecule has 13 heavy (non-hydrogen) atoms. The van der Waals surface area contributed by atoms with Crippen molar-refractivity contribution in [2.75, 3.05) is 0 Å². The maximum atomic E-state index is 5.92. The van der Waals surface area contributed by atoms with Crippen LogP contribution in [0.4, 0.5) is 0 Å². The monoisotopic (exact) mass is 233 g/mol. The number of hydrogen-bond acceptors (Lipinski definition) is 2. The van der Waals surface area contributed by atoms with Crippen molar-refractivity contribution in [3.05, 3.63) is 20.3 Å². The number of thiophene rings is 1. The molecule has 4 heteroatoms. The summed E-state index contributed by atoms with van der Waals surface area (Å²) in [6.07, 6.45) is 0.614. The predicted octanol–water partition coefficient (Wildman–Crippen LogP) is 3.47. The molecule has 1 rings (SSSR count). The highest BCUT2D eigenvalue weighted by molar-refractivity contribution is 7.20. The molecule has 0 fully saturated rings. The number of hydrogen-bond donors (Lipinski definition) is 1. The van der Waals surface area contributed by atoms with Gasteiger partial charge in [0.15, 0.2) is 0 Å². The van der Waals surface area contributed by atoms with E-state index in [9.17, 15) is 0 Å². The highest BCUT2D eigenvalue weighted by Crippen LogP contribution is 2.34. The van der Waals surface area contributed by atoms with E-state index < -0.39 is 0 Å². The average molecular weight is 234 g/mol. The third kappa shape index (κ3) is 2.89. The zero-order valence-electron chi connectivity index (χ0n) is 7.10. The molecule has 2 N–H and O–H groups in total. The highest BCUT2D eigenvalue weighted by atomic mass is 35.5. The Bertz CT molecular complexity index is 348. The molecule has 1 unspecified atom stereocenters. The Hall–Kier alpha value is -0.200. The van der Waals surface area contributed by atoms with Crippen LogP contribution in [-0.4, -0.2) is 0 Å². The molecule has 0 saturated heterocycles.